The van der Waals surface area contributed by atoms with E-state index in [1.54, 1.807) is 32.0 Å². The van der Waals surface area contributed by atoms with Gasteiger partial charge < -0.3 is 26.2 Å². The maximum absolute atomic E-state index is 14.1. The molecule has 5 N–H and O–H groups in total. The fourth-order valence-electron chi connectivity index (χ4n) is 7.07. The zero-order valence-corrected chi connectivity index (χ0v) is 24.9. The number of carbonyl (C=O) groups excluding carboxylic acids is 5. The van der Waals surface area contributed by atoms with Crippen LogP contribution in [-0.2, 0) is 25.6 Å². The first-order valence-corrected chi connectivity index (χ1v) is 14.1. The van der Waals surface area contributed by atoms with Gasteiger partial charge in [-0.3, -0.25) is 28.9 Å². The van der Waals surface area contributed by atoms with E-state index in [2.05, 4.69) is 10.3 Å². The van der Waals surface area contributed by atoms with Crippen molar-refractivity contribution in [3.63, 3.8) is 0 Å². The number of anilines is 2. The molecule has 13 heteroatoms. The maximum Gasteiger partial charge on any atom is 0.235 e. The number of nitrogens with one attached hydrogen (secondary N) is 1. The summed E-state index contributed by atoms with van der Waals surface area (Å²) >= 11 is 0. The highest BCUT2D eigenvalue weighted by Gasteiger charge is 2.69. The molecule has 0 bridgehead atoms. The quantitative estimate of drug-likeness (QED) is 0.219. The van der Waals surface area contributed by atoms with Crippen LogP contribution in [0.25, 0.3) is 0 Å². The Hall–Kier alpha value is -4.49. The number of halogens is 1. The van der Waals surface area contributed by atoms with E-state index >= 15 is 0 Å². The Balaban J connectivity index is 1.61. The van der Waals surface area contributed by atoms with E-state index in [4.69, 9.17) is 5.73 Å². The summed E-state index contributed by atoms with van der Waals surface area (Å²) in [7, 11) is 6.56. The summed E-state index contributed by atoms with van der Waals surface area (Å²) in [5.41, 5.74) is 3.99. The van der Waals surface area contributed by atoms with Crippen LogP contribution in [0.15, 0.2) is 35.3 Å². The highest BCUT2D eigenvalue weighted by Crippen LogP contribution is 2.53. The molecule has 0 radical (unpaired) electrons. The van der Waals surface area contributed by atoms with Gasteiger partial charge in [-0.05, 0) is 75.7 Å². The third-order valence-corrected chi connectivity index (χ3v) is 8.96. The second-order valence-corrected chi connectivity index (χ2v) is 12.1. The molecule has 0 saturated heterocycles. The van der Waals surface area contributed by atoms with Crippen molar-refractivity contribution in [2.24, 2.45) is 34.4 Å². The van der Waals surface area contributed by atoms with Crippen molar-refractivity contribution in [3.05, 3.63) is 47.3 Å². The number of phenols is 1. The summed E-state index contributed by atoms with van der Waals surface area (Å²) in [6, 6.07) is 5.98. The molecule has 0 spiro atoms. The second-order valence-electron chi connectivity index (χ2n) is 12.1. The summed E-state index contributed by atoms with van der Waals surface area (Å²) in [6.07, 6.45) is 0.0852. The first kappa shape index (κ1) is 31.0. The third kappa shape index (κ3) is 4.67. The van der Waals surface area contributed by atoms with Crippen LogP contribution in [0.2, 0.25) is 0 Å². The molecule has 3 aliphatic carbocycles. The molecular weight excluding hydrogens is 573 g/mol. The van der Waals surface area contributed by atoms with Gasteiger partial charge in [-0.1, -0.05) is 0 Å². The van der Waals surface area contributed by atoms with E-state index in [9.17, 15) is 38.6 Å². The van der Waals surface area contributed by atoms with Gasteiger partial charge in [0, 0.05) is 31.4 Å². The van der Waals surface area contributed by atoms with Crippen LogP contribution >= 0.6 is 0 Å². The number of phenolic OH excluding ortho intramolecular Hbond substituents is 1. The Bertz CT molecular complexity index is 1640. The minimum atomic E-state index is -2.80. The highest BCUT2D eigenvalue weighted by molar-refractivity contribution is 6.32. The molecule has 6 atom stereocenters. The normalized spacial score (nSPS) is 28.4. The summed E-state index contributed by atoms with van der Waals surface area (Å²) < 4.78 is 13.3. The molecular formula is C31H34FN5O7. The number of amidine groups is 1. The van der Waals surface area contributed by atoms with E-state index in [-0.39, 0.29) is 24.1 Å². The average Bonchev–Trinajstić information content (AvgIpc) is 2.93. The number of nitrogens with two attached hydrogens (primary N) is 1. The number of hydrogen-bond donors (Lipinski definition) is 4. The smallest absolute Gasteiger partial charge is 0.235 e. The number of primary amides is 1. The molecule has 3 aliphatic rings. The molecule has 0 heterocycles. The molecule has 6 unspecified atom stereocenters. The summed E-state index contributed by atoms with van der Waals surface area (Å²) in [5, 5.41) is 26.1. The van der Waals surface area contributed by atoms with Crippen LogP contribution < -0.4 is 16.0 Å². The molecule has 2 fully saturated rings. The standard InChI is InChI=1S/C31H34FN5O7/c1-13(34-16-8-6-15(32)7-9-16)35-19-12-20(36(2)3)17-10-14-11-18-24(37(4)5)27(40)23(30(33)43)29(42)31(18,44)28(41)21(14)26(39)22(17)25(19)38/h6-9,12,14,18,21,23-24,38,44H,10-11H2,1-5H3,(H2,33,43)(H,34,35). The lowest BCUT2D eigenvalue weighted by Crippen LogP contribution is -2.74. The summed E-state index contributed by atoms with van der Waals surface area (Å²) in [4.78, 5) is 74.8. The van der Waals surface area contributed by atoms with Gasteiger partial charge in [0.25, 0.3) is 0 Å². The lowest BCUT2D eigenvalue weighted by atomic mass is 9.52. The molecule has 232 valence electrons. The van der Waals surface area contributed by atoms with Crippen molar-refractivity contribution in [2.45, 2.75) is 31.4 Å². The molecule has 2 saturated carbocycles. The minimum Gasteiger partial charge on any atom is -0.505 e. The number of Topliss-reactive ketones (excluding diaryl/α,β-unsaturated/α-hetero) is 4. The first-order chi connectivity index (χ1) is 20.6. The lowest BCUT2D eigenvalue weighted by molar-refractivity contribution is -0.181. The van der Waals surface area contributed by atoms with Crippen LogP contribution in [0.1, 0.15) is 29.3 Å². The summed E-state index contributed by atoms with van der Waals surface area (Å²) in [5.74, 6) is -11.4. The number of likely N-dealkylation sites (N-methyl/N-ethyl adjacent to an activating group) is 1. The monoisotopic (exact) mass is 607 g/mol. The molecule has 0 aliphatic heterocycles. The van der Waals surface area contributed by atoms with Gasteiger partial charge in [0.05, 0.1) is 17.5 Å². The van der Waals surface area contributed by atoms with Crippen molar-refractivity contribution >= 4 is 51.9 Å². The number of hydrogen-bond acceptors (Lipinski definition) is 10. The predicted molar refractivity (Wildman–Crippen MR) is 158 cm³/mol. The van der Waals surface area contributed by atoms with Gasteiger partial charge in [0.2, 0.25) is 5.91 Å². The lowest BCUT2D eigenvalue weighted by Gasteiger charge is -2.52. The van der Waals surface area contributed by atoms with Crippen LogP contribution in [-0.4, -0.2) is 89.8 Å². The number of ketones is 4. The van der Waals surface area contributed by atoms with Crippen molar-refractivity contribution in [1.29, 1.82) is 0 Å². The van der Waals surface area contributed by atoms with Crippen LogP contribution in [0.4, 0.5) is 21.5 Å². The largest absolute Gasteiger partial charge is 0.505 e. The number of fused-ring (bicyclic) bond motifs is 3. The van der Waals surface area contributed by atoms with Gasteiger partial charge in [-0.2, -0.15) is 0 Å². The molecule has 12 nitrogen and oxygen atoms in total. The number of carbonyl (C=O) groups is 5. The number of aromatic hydroxyl groups is 1. The minimum absolute atomic E-state index is 0.0204. The Morgan fingerprint density at radius 1 is 1.09 bits per heavy atom. The van der Waals surface area contributed by atoms with Crippen molar-refractivity contribution in [2.75, 3.05) is 38.4 Å². The number of rotatable bonds is 5. The maximum atomic E-state index is 14.1. The Labute approximate surface area is 252 Å². The molecule has 0 aromatic heterocycles. The highest BCUT2D eigenvalue weighted by atomic mass is 19.1. The molecule has 1 amide bonds. The number of amides is 1. The Kier molecular flexibility index (Phi) is 7.67. The topological polar surface area (TPSA) is 183 Å². The number of nitrogens with zero attached hydrogens (tertiary/aromatic N) is 3. The number of aliphatic hydroxyl groups is 1. The van der Waals surface area contributed by atoms with Crippen molar-refractivity contribution < 1.29 is 38.6 Å². The van der Waals surface area contributed by atoms with Gasteiger partial charge in [-0.15, -0.1) is 0 Å². The third-order valence-electron chi connectivity index (χ3n) is 8.96. The van der Waals surface area contributed by atoms with Crippen molar-refractivity contribution in [1.82, 2.24) is 4.90 Å². The van der Waals surface area contributed by atoms with E-state index in [1.165, 1.54) is 43.3 Å². The number of aliphatic imine (C=N–C) groups is 1. The van der Waals surface area contributed by atoms with Crippen LogP contribution in [0, 0.1) is 29.5 Å². The molecule has 5 rings (SSSR count). The molecule has 2 aromatic carbocycles. The second kappa shape index (κ2) is 10.9. The van der Waals surface area contributed by atoms with E-state index in [1.807, 2.05) is 0 Å². The van der Waals surface area contributed by atoms with E-state index < -0.39 is 75.9 Å². The Morgan fingerprint density at radius 2 is 1.73 bits per heavy atom. The van der Waals surface area contributed by atoms with Gasteiger partial charge in [0.15, 0.2) is 40.4 Å². The van der Waals surface area contributed by atoms with Gasteiger partial charge in [-0.25, -0.2) is 9.38 Å². The predicted octanol–water partition coefficient (Wildman–Crippen LogP) is 1.23. The zero-order chi connectivity index (χ0) is 32.4. The molecule has 44 heavy (non-hydrogen) atoms. The van der Waals surface area contributed by atoms with Crippen molar-refractivity contribution in [3.8, 4) is 5.75 Å². The fraction of sp³-hybridized carbons (Fsp3) is 0.419. The van der Waals surface area contributed by atoms with Gasteiger partial charge >= 0.3 is 0 Å². The van der Waals surface area contributed by atoms with Crippen LogP contribution in [0.5, 0.6) is 5.75 Å². The zero-order valence-electron chi connectivity index (χ0n) is 24.9. The first-order valence-electron chi connectivity index (χ1n) is 14.1. The number of benzene rings is 2. The summed E-state index contributed by atoms with van der Waals surface area (Å²) in [6.45, 7) is 1.61. The molecule has 2 aromatic rings. The van der Waals surface area contributed by atoms with Crippen LogP contribution in [0.3, 0.4) is 0 Å². The SMILES string of the molecule is CC(=Nc1cc(N(C)C)c2c(c1O)C(=O)C1C(=O)C3(O)C(=O)C(C(N)=O)C(=O)C(N(C)C)C3CC1C2)Nc1ccc(F)cc1. The average molecular weight is 608 g/mol. The van der Waals surface area contributed by atoms with E-state index in [0.29, 0.717) is 22.8 Å². The fourth-order valence-corrected chi connectivity index (χ4v) is 7.07. The van der Waals surface area contributed by atoms with Gasteiger partial charge in [0.1, 0.15) is 17.3 Å². The van der Waals surface area contributed by atoms with E-state index in [0.717, 1.165) is 0 Å². The Morgan fingerprint density at radius 3 is 2.30 bits per heavy atom.